The van der Waals surface area contributed by atoms with Gasteiger partial charge in [0, 0.05) is 18.5 Å². The SMILES string of the molecule is O=[N+]([O-])c1ccc(-c2nc(C3CCCNC3)no2)c(F)c1. The Kier molecular flexibility index (Phi) is 3.61. The predicted molar refractivity (Wildman–Crippen MR) is 71.2 cm³/mol. The quantitative estimate of drug-likeness (QED) is 0.688. The number of nitro groups is 1. The summed E-state index contributed by atoms with van der Waals surface area (Å²) in [5, 5.41) is 17.7. The number of aromatic nitrogens is 2. The van der Waals surface area contributed by atoms with E-state index in [0.717, 1.165) is 32.0 Å². The van der Waals surface area contributed by atoms with Crippen molar-refractivity contribution in [2.24, 2.45) is 0 Å². The van der Waals surface area contributed by atoms with E-state index in [1.807, 2.05) is 0 Å². The van der Waals surface area contributed by atoms with Crippen LogP contribution in [-0.4, -0.2) is 28.2 Å². The van der Waals surface area contributed by atoms with E-state index in [2.05, 4.69) is 15.5 Å². The van der Waals surface area contributed by atoms with Crippen LogP contribution in [0.5, 0.6) is 0 Å². The third-order valence-corrected chi connectivity index (χ3v) is 3.50. The highest BCUT2D eigenvalue weighted by Crippen LogP contribution is 2.27. The van der Waals surface area contributed by atoms with Crippen molar-refractivity contribution in [2.45, 2.75) is 18.8 Å². The first-order valence-electron chi connectivity index (χ1n) is 6.64. The Bertz CT molecular complexity index is 667. The summed E-state index contributed by atoms with van der Waals surface area (Å²) in [7, 11) is 0. The highest BCUT2D eigenvalue weighted by Gasteiger charge is 2.23. The number of nitrogens with zero attached hydrogens (tertiary/aromatic N) is 3. The molecule has 2 heterocycles. The number of halogens is 1. The van der Waals surface area contributed by atoms with Gasteiger partial charge in [-0.05, 0) is 25.5 Å². The van der Waals surface area contributed by atoms with Crippen molar-refractivity contribution in [3.63, 3.8) is 0 Å². The Morgan fingerprint density at radius 2 is 2.33 bits per heavy atom. The summed E-state index contributed by atoms with van der Waals surface area (Å²) in [4.78, 5) is 14.2. The zero-order valence-electron chi connectivity index (χ0n) is 11.1. The first kappa shape index (κ1) is 13.6. The molecule has 0 saturated carbocycles. The zero-order chi connectivity index (χ0) is 14.8. The lowest BCUT2D eigenvalue weighted by Crippen LogP contribution is -2.28. The minimum absolute atomic E-state index is 0.0444. The molecule has 2 aromatic rings. The van der Waals surface area contributed by atoms with E-state index in [1.165, 1.54) is 12.1 Å². The van der Waals surface area contributed by atoms with Gasteiger partial charge in [-0.25, -0.2) is 4.39 Å². The number of nitro benzene ring substituents is 1. The number of piperidine rings is 1. The van der Waals surface area contributed by atoms with Gasteiger partial charge in [0.05, 0.1) is 16.6 Å². The summed E-state index contributed by atoms with van der Waals surface area (Å²) in [6.07, 6.45) is 1.98. The molecule has 1 aliphatic rings. The highest BCUT2D eigenvalue weighted by atomic mass is 19.1. The van der Waals surface area contributed by atoms with Crippen molar-refractivity contribution in [3.05, 3.63) is 40.0 Å². The number of hydrogen-bond donors (Lipinski definition) is 1. The first-order valence-corrected chi connectivity index (χ1v) is 6.64. The van der Waals surface area contributed by atoms with Crippen LogP contribution in [0.3, 0.4) is 0 Å². The average molecular weight is 292 g/mol. The van der Waals surface area contributed by atoms with Crippen LogP contribution in [0.1, 0.15) is 24.6 Å². The highest BCUT2D eigenvalue weighted by molar-refractivity contribution is 5.56. The molecule has 21 heavy (non-hydrogen) atoms. The second kappa shape index (κ2) is 5.57. The molecular formula is C13H13FN4O3. The van der Waals surface area contributed by atoms with Crippen molar-refractivity contribution in [1.82, 2.24) is 15.5 Å². The predicted octanol–water partition coefficient (Wildman–Crippen LogP) is 2.25. The topological polar surface area (TPSA) is 94.1 Å². The molecule has 8 heteroatoms. The summed E-state index contributed by atoms with van der Waals surface area (Å²) < 4.78 is 19.0. The van der Waals surface area contributed by atoms with E-state index in [9.17, 15) is 14.5 Å². The second-order valence-corrected chi connectivity index (χ2v) is 4.92. The Balaban J connectivity index is 1.87. The van der Waals surface area contributed by atoms with Crippen molar-refractivity contribution >= 4 is 5.69 Å². The largest absolute Gasteiger partial charge is 0.334 e. The molecule has 0 spiro atoms. The molecule has 110 valence electrons. The molecular weight excluding hydrogens is 279 g/mol. The fourth-order valence-electron chi connectivity index (χ4n) is 2.37. The maximum absolute atomic E-state index is 13.9. The number of non-ortho nitro benzene ring substituents is 1. The molecule has 0 aliphatic carbocycles. The number of benzene rings is 1. The molecule has 3 rings (SSSR count). The Labute approximate surface area is 119 Å². The van der Waals surface area contributed by atoms with Crippen molar-refractivity contribution < 1.29 is 13.8 Å². The third kappa shape index (κ3) is 2.75. The van der Waals surface area contributed by atoms with Crippen molar-refractivity contribution in [2.75, 3.05) is 13.1 Å². The Hall–Kier alpha value is -2.35. The maximum Gasteiger partial charge on any atom is 0.272 e. The lowest BCUT2D eigenvalue weighted by Gasteiger charge is -2.19. The van der Waals surface area contributed by atoms with E-state index in [0.29, 0.717) is 5.82 Å². The van der Waals surface area contributed by atoms with E-state index >= 15 is 0 Å². The minimum atomic E-state index is -0.749. The Morgan fingerprint density at radius 3 is 3.00 bits per heavy atom. The minimum Gasteiger partial charge on any atom is -0.334 e. The van der Waals surface area contributed by atoms with Gasteiger partial charge in [-0.3, -0.25) is 10.1 Å². The van der Waals surface area contributed by atoms with Crippen LogP contribution in [0.2, 0.25) is 0 Å². The lowest BCUT2D eigenvalue weighted by atomic mass is 9.99. The van der Waals surface area contributed by atoms with Crippen LogP contribution >= 0.6 is 0 Å². The molecule has 0 bridgehead atoms. The molecule has 1 aromatic heterocycles. The summed E-state index contributed by atoms with van der Waals surface area (Å²) in [6, 6.07) is 3.34. The maximum atomic E-state index is 13.9. The van der Waals surface area contributed by atoms with Gasteiger partial charge in [-0.2, -0.15) is 4.98 Å². The van der Waals surface area contributed by atoms with E-state index in [-0.39, 0.29) is 23.1 Å². The molecule has 0 amide bonds. The standard InChI is InChI=1S/C13H13FN4O3/c14-11-6-9(18(19)20)3-4-10(11)13-16-12(17-21-13)8-2-1-5-15-7-8/h3-4,6,8,15H,1-2,5,7H2. The van der Waals surface area contributed by atoms with Crippen LogP contribution in [0.4, 0.5) is 10.1 Å². The van der Waals surface area contributed by atoms with Crippen LogP contribution in [0.15, 0.2) is 22.7 Å². The van der Waals surface area contributed by atoms with Crippen LogP contribution < -0.4 is 5.32 Å². The monoisotopic (exact) mass is 292 g/mol. The smallest absolute Gasteiger partial charge is 0.272 e. The first-order chi connectivity index (χ1) is 10.1. The summed E-state index contributed by atoms with van der Waals surface area (Å²) in [5.41, 5.74) is -0.240. The van der Waals surface area contributed by atoms with Gasteiger partial charge in [-0.15, -0.1) is 0 Å². The second-order valence-electron chi connectivity index (χ2n) is 4.92. The van der Waals surface area contributed by atoms with Crippen LogP contribution in [0.25, 0.3) is 11.5 Å². The molecule has 1 aliphatic heterocycles. The normalized spacial score (nSPS) is 18.6. The number of hydrogen-bond acceptors (Lipinski definition) is 6. The van der Waals surface area contributed by atoms with Gasteiger partial charge in [-0.1, -0.05) is 5.16 Å². The Morgan fingerprint density at radius 1 is 1.48 bits per heavy atom. The van der Waals surface area contributed by atoms with Gasteiger partial charge < -0.3 is 9.84 Å². The summed E-state index contributed by atoms with van der Waals surface area (Å²) in [5.74, 6) is -0.0172. The molecule has 1 unspecified atom stereocenters. The van der Waals surface area contributed by atoms with Crippen molar-refractivity contribution in [3.8, 4) is 11.5 Å². The number of rotatable bonds is 3. The number of nitrogens with one attached hydrogen (secondary N) is 1. The van der Waals surface area contributed by atoms with E-state index < -0.39 is 10.7 Å². The molecule has 7 nitrogen and oxygen atoms in total. The van der Waals surface area contributed by atoms with Gasteiger partial charge in [0.15, 0.2) is 5.82 Å². The van der Waals surface area contributed by atoms with Crippen LogP contribution in [0, 0.1) is 15.9 Å². The molecule has 0 radical (unpaired) electrons. The fraction of sp³-hybridized carbons (Fsp3) is 0.385. The van der Waals surface area contributed by atoms with Gasteiger partial charge in [0.2, 0.25) is 0 Å². The molecule has 1 fully saturated rings. The summed E-state index contributed by atoms with van der Waals surface area (Å²) >= 11 is 0. The van der Waals surface area contributed by atoms with Crippen LogP contribution in [-0.2, 0) is 0 Å². The molecule has 1 N–H and O–H groups in total. The van der Waals surface area contributed by atoms with Gasteiger partial charge >= 0.3 is 0 Å². The van der Waals surface area contributed by atoms with Crippen molar-refractivity contribution in [1.29, 1.82) is 0 Å². The lowest BCUT2D eigenvalue weighted by molar-refractivity contribution is -0.385. The van der Waals surface area contributed by atoms with Gasteiger partial charge in [0.25, 0.3) is 11.6 Å². The molecule has 1 atom stereocenters. The molecule has 1 saturated heterocycles. The fourth-order valence-corrected chi connectivity index (χ4v) is 2.37. The third-order valence-electron chi connectivity index (χ3n) is 3.50. The van der Waals surface area contributed by atoms with Gasteiger partial charge in [0.1, 0.15) is 5.82 Å². The molecule has 1 aromatic carbocycles. The van der Waals surface area contributed by atoms with E-state index in [1.54, 1.807) is 0 Å². The average Bonchev–Trinajstić information content (AvgIpc) is 2.97. The van der Waals surface area contributed by atoms with E-state index in [4.69, 9.17) is 4.52 Å². The summed E-state index contributed by atoms with van der Waals surface area (Å²) in [6.45, 7) is 1.74. The zero-order valence-corrected chi connectivity index (χ0v) is 11.1.